The molecular weight excluding hydrogens is 354 g/mol. The van der Waals surface area contributed by atoms with Gasteiger partial charge in [-0.3, -0.25) is 0 Å². The second-order valence-corrected chi connectivity index (χ2v) is 7.42. The van der Waals surface area contributed by atoms with Gasteiger partial charge in [0.1, 0.15) is 12.4 Å². The first-order chi connectivity index (χ1) is 10.0. The average molecular weight is 370 g/mol. The molecule has 0 saturated heterocycles. The van der Waals surface area contributed by atoms with Crippen LogP contribution in [0.25, 0.3) is 0 Å². The molecule has 0 aromatic heterocycles. The molecule has 6 heteroatoms. The van der Waals surface area contributed by atoms with E-state index in [4.69, 9.17) is 4.74 Å². The fraction of sp³-hybridized carbons (Fsp3) is 0.200. The van der Waals surface area contributed by atoms with E-state index in [1.165, 1.54) is 0 Å². The Balaban J connectivity index is 1.93. The van der Waals surface area contributed by atoms with Gasteiger partial charge in [0.15, 0.2) is 9.84 Å². The van der Waals surface area contributed by atoms with Crippen molar-refractivity contribution in [1.29, 1.82) is 0 Å². The lowest BCUT2D eigenvalue weighted by molar-refractivity contribution is 0.341. The topological polar surface area (TPSA) is 55.4 Å². The van der Waals surface area contributed by atoms with Crippen LogP contribution < -0.4 is 10.1 Å². The number of rotatable bonds is 6. The first kappa shape index (κ1) is 15.9. The molecule has 0 aliphatic rings. The zero-order chi connectivity index (χ0) is 15.3. The van der Waals surface area contributed by atoms with E-state index in [1.54, 1.807) is 36.4 Å². The molecule has 2 rings (SSSR count). The normalized spacial score (nSPS) is 11.1. The van der Waals surface area contributed by atoms with Gasteiger partial charge in [-0.2, -0.15) is 0 Å². The average Bonchev–Trinajstić information content (AvgIpc) is 2.48. The smallest absolute Gasteiger partial charge is 0.181 e. The van der Waals surface area contributed by atoms with Crippen LogP contribution in [0.1, 0.15) is 0 Å². The van der Waals surface area contributed by atoms with Crippen molar-refractivity contribution >= 4 is 31.5 Å². The molecule has 0 amide bonds. The molecule has 2 aromatic rings. The molecule has 0 aliphatic heterocycles. The van der Waals surface area contributed by atoms with E-state index in [1.807, 2.05) is 19.2 Å². The van der Waals surface area contributed by atoms with Crippen LogP contribution in [-0.4, -0.2) is 27.8 Å². The summed E-state index contributed by atoms with van der Waals surface area (Å²) in [4.78, 5) is 0.305. The summed E-state index contributed by atoms with van der Waals surface area (Å²) in [5.41, 5.74) is 0.977. The van der Waals surface area contributed by atoms with Gasteiger partial charge in [-0.1, -0.05) is 15.9 Å². The van der Waals surface area contributed by atoms with Gasteiger partial charge >= 0.3 is 0 Å². The molecule has 0 spiro atoms. The maximum absolute atomic E-state index is 12.1. The molecule has 21 heavy (non-hydrogen) atoms. The Labute approximate surface area is 133 Å². The van der Waals surface area contributed by atoms with E-state index in [-0.39, 0.29) is 12.4 Å². The fourth-order valence-electron chi connectivity index (χ4n) is 1.75. The fourth-order valence-corrected chi connectivity index (χ4v) is 3.10. The van der Waals surface area contributed by atoms with Gasteiger partial charge < -0.3 is 10.1 Å². The van der Waals surface area contributed by atoms with Crippen molar-refractivity contribution in [1.82, 2.24) is 0 Å². The number of hydrogen-bond acceptors (Lipinski definition) is 4. The van der Waals surface area contributed by atoms with Gasteiger partial charge in [-0.25, -0.2) is 8.42 Å². The van der Waals surface area contributed by atoms with Crippen molar-refractivity contribution in [3.63, 3.8) is 0 Å². The summed E-state index contributed by atoms with van der Waals surface area (Å²) in [6.45, 7) is 0.122. The van der Waals surface area contributed by atoms with E-state index in [2.05, 4.69) is 21.2 Å². The Morgan fingerprint density at radius 2 is 1.67 bits per heavy atom. The summed E-state index contributed by atoms with van der Waals surface area (Å²) in [6.07, 6.45) is 0. The Bertz CT molecular complexity index is 682. The lowest BCUT2D eigenvalue weighted by atomic mass is 10.3. The quantitative estimate of drug-likeness (QED) is 0.848. The summed E-state index contributed by atoms with van der Waals surface area (Å²) >= 11 is 3.28. The number of ether oxygens (including phenoxy) is 1. The van der Waals surface area contributed by atoms with Crippen LogP contribution in [0.2, 0.25) is 0 Å². The summed E-state index contributed by atoms with van der Waals surface area (Å²) in [6, 6.07) is 13.9. The zero-order valence-electron chi connectivity index (χ0n) is 11.5. The molecule has 0 unspecified atom stereocenters. The van der Waals surface area contributed by atoms with Crippen LogP contribution in [0, 0.1) is 0 Å². The highest BCUT2D eigenvalue weighted by molar-refractivity contribution is 9.10. The second-order valence-electron chi connectivity index (χ2n) is 4.40. The SMILES string of the molecule is CNc1ccc(OCCS(=O)(=O)c2ccc(Br)cc2)cc1. The highest BCUT2D eigenvalue weighted by atomic mass is 79.9. The minimum absolute atomic E-state index is 0.0532. The highest BCUT2D eigenvalue weighted by Gasteiger charge is 2.14. The molecule has 1 N–H and O–H groups in total. The van der Waals surface area contributed by atoms with E-state index < -0.39 is 9.84 Å². The molecular formula is C15H16BrNO3S. The summed E-state index contributed by atoms with van der Waals surface area (Å²) < 4.78 is 30.6. The van der Waals surface area contributed by atoms with E-state index in [9.17, 15) is 8.42 Å². The van der Waals surface area contributed by atoms with Crippen LogP contribution >= 0.6 is 15.9 Å². The third-order valence-electron chi connectivity index (χ3n) is 2.94. The predicted molar refractivity (Wildman–Crippen MR) is 87.7 cm³/mol. The van der Waals surface area contributed by atoms with Crippen LogP contribution in [-0.2, 0) is 9.84 Å². The molecule has 0 saturated carbocycles. The van der Waals surface area contributed by atoms with Crippen molar-refractivity contribution in [2.75, 3.05) is 24.7 Å². The maximum atomic E-state index is 12.1. The number of halogens is 1. The van der Waals surface area contributed by atoms with Crippen LogP contribution in [0.15, 0.2) is 57.9 Å². The van der Waals surface area contributed by atoms with Gasteiger partial charge in [0, 0.05) is 17.2 Å². The lowest BCUT2D eigenvalue weighted by Crippen LogP contribution is -2.14. The van der Waals surface area contributed by atoms with Crippen molar-refractivity contribution < 1.29 is 13.2 Å². The second kappa shape index (κ2) is 6.95. The van der Waals surface area contributed by atoms with Gasteiger partial charge in [0.2, 0.25) is 0 Å². The number of nitrogens with one attached hydrogen (secondary N) is 1. The van der Waals surface area contributed by atoms with Crippen molar-refractivity contribution in [3.8, 4) is 5.75 Å². The number of benzene rings is 2. The highest BCUT2D eigenvalue weighted by Crippen LogP contribution is 2.17. The van der Waals surface area contributed by atoms with Gasteiger partial charge in [-0.05, 0) is 48.5 Å². The van der Waals surface area contributed by atoms with Crippen molar-refractivity contribution in [2.24, 2.45) is 0 Å². The molecule has 2 aromatic carbocycles. The van der Waals surface area contributed by atoms with Crippen molar-refractivity contribution in [2.45, 2.75) is 4.90 Å². The summed E-state index contributed by atoms with van der Waals surface area (Å²) in [5, 5.41) is 3.01. The Morgan fingerprint density at radius 1 is 1.05 bits per heavy atom. The minimum Gasteiger partial charge on any atom is -0.493 e. The first-order valence-corrected chi connectivity index (χ1v) is 8.85. The van der Waals surface area contributed by atoms with Gasteiger partial charge in [0.25, 0.3) is 0 Å². The zero-order valence-corrected chi connectivity index (χ0v) is 13.9. The molecule has 0 fully saturated rings. The van der Waals surface area contributed by atoms with Gasteiger partial charge in [0.05, 0.1) is 10.6 Å². The molecule has 4 nitrogen and oxygen atoms in total. The van der Waals surface area contributed by atoms with E-state index >= 15 is 0 Å². The first-order valence-electron chi connectivity index (χ1n) is 6.40. The molecule has 0 radical (unpaired) electrons. The summed E-state index contributed by atoms with van der Waals surface area (Å²) in [5.74, 6) is 0.600. The lowest BCUT2D eigenvalue weighted by Gasteiger charge is -2.08. The van der Waals surface area contributed by atoms with Crippen LogP contribution in [0.4, 0.5) is 5.69 Å². The third-order valence-corrected chi connectivity index (χ3v) is 5.16. The van der Waals surface area contributed by atoms with Crippen LogP contribution in [0.3, 0.4) is 0 Å². The monoisotopic (exact) mass is 369 g/mol. The molecule has 0 bridgehead atoms. The van der Waals surface area contributed by atoms with E-state index in [0.29, 0.717) is 10.6 Å². The molecule has 112 valence electrons. The Morgan fingerprint density at radius 3 is 2.24 bits per heavy atom. The maximum Gasteiger partial charge on any atom is 0.181 e. The third kappa shape index (κ3) is 4.47. The van der Waals surface area contributed by atoms with Gasteiger partial charge in [-0.15, -0.1) is 0 Å². The van der Waals surface area contributed by atoms with E-state index in [0.717, 1.165) is 10.2 Å². The van der Waals surface area contributed by atoms with Crippen LogP contribution in [0.5, 0.6) is 5.75 Å². The molecule has 0 atom stereocenters. The standard InChI is InChI=1S/C15H16BrNO3S/c1-17-13-4-6-14(7-5-13)20-10-11-21(18,19)15-8-2-12(16)3-9-15/h2-9,17H,10-11H2,1H3. The predicted octanol–water partition coefficient (Wildman–Crippen LogP) is 3.34. The summed E-state index contributed by atoms with van der Waals surface area (Å²) in [7, 11) is -1.48. The Hall–Kier alpha value is -1.53. The van der Waals surface area contributed by atoms with Crippen molar-refractivity contribution in [3.05, 3.63) is 53.0 Å². The number of anilines is 1. The largest absolute Gasteiger partial charge is 0.493 e. The molecule has 0 aliphatic carbocycles. The number of hydrogen-bond donors (Lipinski definition) is 1. The minimum atomic E-state index is -3.32. The number of sulfone groups is 1. The Kier molecular flexibility index (Phi) is 5.25. The molecule has 0 heterocycles.